The highest BCUT2D eigenvalue weighted by atomic mass is 16.5. The highest BCUT2D eigenvalue weighted by Crippen LogP contribution is 2.31. The van der Waals surface area contributed by atoms with Gasteiger partial charge in [0.15, 0.2) is 0 Å². The minimum atomic E-state index is 0.265. The van der Waals surface area contributed by atoms with Crippen molar-refractivity contribution >= 4 is 0 Å². The quantitative estimate of drug-likeness (QED) is 0.722. The zero-order chi connectivity index (χ0) is 13.4. The molecule has 0 radical (unpaired) electrons. The molecule has 0 saturated carbocycles. The average molecular weight is 253 g/mol. The van der Waals surface area contributed by atoms with E-state index in [0.29, 0.717) is 0 Å². The van der Waals surface area contributed by atoms with Crippen LogP contribution >= 0.6 is 0 Å². The number of nitrogens with one attached hydrogen (secondary N) is 1. The van der Waals surface area contributed by atoms with Crippen molar-refractivity contribution in [3.05, 3.63) is 23.8 Å². The van der Waals surface area contributed by atoms with Crippen LogP contribution in [0.1, 0.15) is 24.4 Å². The van der Waals surface area contributed by atoms with Crippen LogP contribution in [0.2, 0.25) is 0 Å². The summed E-state index contributed by atoms with van der Waals surface area (Å²) in [6.07, 6.45) is 2.02. The zero-order valence-corrected chi connectivity index (χ0v) is 11.7. The first-order valence-electron chi connectivity index (χ1n) is 6.15. The Bertz CT molecular complexity index is 355. The van der Waals surface area contributed by atoms with Crippen LogP contribution in [-0.4, -0.2) is 35.0 Å². The van der Waals surface area contributed by atoms with Crippen LogP contribution in [0.4, 0.5) is 0 Å². The molecular weight excluding hydrogens is 230 g/mol. The van der Waals surface area contributed by atoms with Gasteiger partial charge in [0.1, 0.15) is 11.5 Å². The van der Waals surface area contributed by atoms with Crippen LogP contribution in [0.5, 0.6) is 11.5 Å². The molecule has 102 valence electrons. The number of hydrogen-bond acceptors (Lipinski definition) is 4. The molecule has 1 aromatic rings. The molecule has 1 aromatic carbocycles. The molecule has 4 heteroatoms. The molecule has 0 aliphatic heterocycles. The number of ether oxygens (including phenoxy) is 3. The highest BCUT2D eigenvalue weighted by Gasteiger charge is 2.14. The minimum Gasteiger partial charge on any atom is -0.497 e. The molecule has 0 aliphatic rings. The molecule has 4 nitrogen and oxygen atoms in total. The maximum absolute atomic E-state index is 5.43. The fourth-order valence-corrected chi connectivity index (χ4v) is 1.99. The molecule has 0 spiro atoms. The number of methoxy groups -OCH3 is 3. The van der Waals surface area contributed by atoms with E-state index in [2.05, 4.69) is 5.32 Å². The van der Waals surface area contributed by atoms with Crippen molar-refractivity contribution in [3.63, 3.8) is 0 Å². The zero-order valence-electron chi connectivity index (χ0n) is 11.7. The van der Waals surface area contributed by atoms with Gasteiger partial charge < -0.3 is 19.5 Å². The van der Waals surface area contributed by atoms with E-state index in [1.165, 1.54) is 0 Å². The van der Waals surface area contributed by atoms with E-state index in [9.17, 15) is 0 Å². The van der Waals surface area contributed by atoms with Crippen molar-refractivity contribution < 1.29 is 14.2 Å². The molecule has 0 amide bonds. The number of rotatable bonds is 8. The van der Waals surface area contributed by atoms with Crippen molar-refractivity contribution in [3.8, 4) is 11.5 Å². The fraction of sp³-hybridized carbons (Fsp3) is 0.571. The summed E-state index contributed by atoms with van der Waals surface area (Å²) in [6.45, 7) is 0.774. The summed E-state index contributed by atoms with van der Waals surface area (Å²) in [5.74, 6) is 1.66. The Labute approximate surface area is 109 Å². The lowest BCUT2D eigenvalue weighted by Crippen LogP contribution is -2.17. The molecule has 0 saturated heterocycles. The molecule has 0 bridgehead atoms. The lowest BCUT2D eigenvalue weighted by molar-refractivity contribution is 0.189. The van der Waals surface area contributed by atoms with Gasteiger partial charge in [-0.3, -0.25) is 0 Å². The van der Waals surface area contributed by atoms with E-state index in [4.69, 9.17) is 14.2 Å². The van der Waals surface area contributed by atoms with Crippen molar-refractivity contribution in [1.29, 1.82) is 0 Å². The molecule has 1 atom stereocenters. The van der Waals surface area contributed by atoms with Gasteiger partial charge in [0.05, 0.1) is 14.2 Å². The first-order chi connectivity index (χ1) is 8.76. The summed E-state index contributed by atoms with van der Waals surface area (Å²) in [5, 5.41) is 3.31. The van der Waals surface area contributed by atoms with Gasteiger partial charge >= 0.3 is 0 Å². The molecule has 0 fully saturated rings. The summed E-state index contributed by atoms with van der Waals surface area (Å²) >= 11 is 0. The second-order valence-corrected chi connectivity index (χ2v) is 4.08. The van der Waals surface area contributed by atoms with Gasteiger partial charge in [-0.1, -0.05) is 6.07 Å². The lowest BCUT2D eigenvalue weighted by Gasteiger charge is -2.19. The molecule has 1 N–H and O–H groups in total. The van der Waals surface area contributed by atoms with Crippen LogP contribution in [0.15, 0.2) is 18.2 Å². The average Bonchev–Trinajstić information content (AvgIpc) is 2.43. The highest BCUT2D eigenvalue weighted by molar-refractivity contribution is 5.42. The second-order valence-electron chi connectivity index (χ2n) is 4.08. The van der Waals surface area contributed by atoms with Gasteiger partial charge in [-0.15, -0.1) is 0 Å². The standard InChI is InChI=1S/C14H23NO3/c1-15-13(6-5-9-16-2)12-8-7-11(17-3)10-14(12)18-4/h7-8,10,13,15H,5-6,9H2,1-4H3. The Morgan fingerprint density at radius 3 is 2.50 bits per heavy atom. The Morgan fingerprint density at radius 1 is 1.17 bits per heavy atom. The van der Waals surface area contributed by atoms with Crippen LogP contribution < -0.4 is 14.8 Å². The first-order valence-corrected chi connectivity index (χ1v) is 6.15. The smallest absolute Gasteiger partial charge is 0.127 e. The second kappa shape index (κ2) is 7.95. The molecule has 0 aromatic heterocycles. The largest absolute Gasteiger partial charge is 0.497 e. The van der Waals surface area contributed by atoms with Gasteiger partial charge in [0.2, 0.25) is 0 Å². The third-order valence-corrected chi connectivity index (χ3v) is 3.01. The first kappa shape index (κ1) is 14.8. The van der Waals surface area contributed by atoms with Crippen molar-refractivity contribution in [2.45, 2.75) is 18.9 Å². The van der Waals surface area contributed by atoms with Crippen molar-refractivity contribution in [2.75, 3.05) is 35.0 Å². The minimum absolute atomic E-state index is 0.265. The Morgan fingerprint density at radius 2 is 1.94 bits per heavy atom. The van der Waals surface area contributed by atoms with Crippen molar-refractivity contribution in [1.82, 2.24) is 5.32 Å². The van der Waals surface area contributed by atoms with Crippen LogP contribution in [0.3, 0.4) is 0 Å². The molecule has 0 heterocycles. The fourth-order valence-electron chi connectivity index (χ4n) is 1.99. The number of hydrogen-bond donors (Lipinski definition) is 1. The van der Waals surface area contributed by atoms with Gasteiger partial charge in [0, 0.05) is 31.4 Å². The maximum Gasteiger partial charge on any atom is 0.127 e. The van der Waals surface area contributed by atoms with Gasteiger partial charge in [-0.25, -0.2) is 0 Å². The van der Waals surface area contributed by atoms with E-state index in [1.54, 1.807) is 21.3 Å². The third kappa shape index (κ3) is 3.89. The number of benzene rings is 1. The van der Waals surface area contributed by atoms with E-state index >= 15 is 0 Å². The lowest BCUT2D eigenvalue weighted by atomic mass is 10.0. The molecule has 1 unspecified atom stereocenters. The summed E-state index contributed by atoms with van der Waals surface area (Å²) < 4.78 is 15.7. The summed E-state index contributed by atoms with van der Waals surface area (Å²) in [4.78, 5) is 0. The monoisotopic (exact) mass is 253 g/mol. The molecular formula is C14H23NO3. The Kier molecular flexibility index (Phi) is 6.54. The summed E-state index contributed by atoms with van der Waals surface area (Å²) in [7, 11) is 7.02. The topological polar surface area (TPSA) is 39.7 Å². The molecule has 18 heavy (non-hydrogen) atoms. The predicted molar refractivity (Wildman–Crippen MR) is 72.5 cm³/mol. The van der Waals surface area contributed by atoms with Gasteiger partial charge in [-0.05, 0) is 26.0 Å². The van der Waals surface area contributed by atoms with Crippen LogP contribution in [0.25, 0.3) is 0 Å². The summed E-state index contributed by atoms with van der Waals surface area (Å²) in [6, 6.07) is 6.18. The third-order valence-electron chi connectivity index (χ3n) is 3.01. The van der Waals surface area contributed by atoms with Crippen molar-refractivity contribution in [2.24, 2.45) is 0 Å². The normalized spacial score (nSPS) is 12.2. The Hall–Kier alpha value is -1.26. The predicted octanol–water partition coefficient (Wildman–Crippen LogP) is 2.39. The Balaban J connectivity index is 2.83. The van der Waals surface area contributed by atoms with E-state index in [-0.39, 0.29) is 6.04 Å². The van der Waals surface area contributed by atoms with Gasteiger partial charge in [-0.2, -0.15) is 0 Å². The summed E-state index contributed by atoms with van der Waals surface area (Å²) in [5.41, 5.74) is 1.15. The SMILES string of the molecule is CNC(CCCOC)c1ccc(OC)cc1OC. The van der Waals surface area contributed by atoms with E-state index in [0.717, 1.165) is 36.5 Å². The van der Waals surface area contributed by atoms with Crippen LogP contribution in [-0.2, 0) is 4.74 Å². The molecule has 1 rings (SSSR count). The molecule has 0 aliphatic carbocycles. The van der Waals surface area contributed by atoms with Gasteiger partial charge in [0.25, 0.3) is 0 Å². The van der Waals surface area contributed by atoms with E-state index in [1.807, 2.05) is 25.2 Å². The van der Waals surface area contributed by atoms with Crippen LogP contribution in [0, 0.1) is 0 Å². The maximum atomic E-state index is 5.43. The van der Waals surface area contributed by atoms with E-state index < -0.39 is 0 Å².